The number of amides is 3. The van der Waals surface area contributed by atoms with Crippen LogP contribution in [-0.2, 0) is 20.5 Å². The van der Waals surface area contributed by atoms with Gasteiger partial charge in [0.05, 0.1) is 39.7 Å². The first kappa shape index (κ1) is 34.8. The smallest absolute Gasteiger partial charge is 0.416 e. The van der Waals surface area contributed by atoms with E-state index in [1.165, 1.54) is 49.6 Å². The Hall–Kier alpha value is -5.09. The summed E-state index contributed by atoms with van der Waals surface area (Å²) in [4.78, 5) is 61.7. The lowest BCUT2D eigenvalue weighted by Gasteiger charge is -2.13. The first-order valence-corrected chi connectivity index (χ1v) is 14.6. The first-order chi connectivity index (χ1) is 22.2. The van der Waals surface area contributed by atoms with Crippen molar-refractivity contribution in [2.24, 2.45) is 0 Å². The normalized spacial score (nSPS) is 13.9. The van der Waals surface area contributed by atoms with Crippen molar-refractivity contribution in [1.29, 1.82) is 0 Å². The van der Waals surface area contributed by atoms with Crippen molar-refractivity contribution in [3.05, 3.63) is 91.3 Å². The molecule has 17 heteroatoms. The van der Waals surface area contributed by atoms with Gasteiger partial charge in [-0.1, -0.05) is 24.6 Å². The summed E-state index contributed by atoms with van der Waals surface area (Å²) >= 11 is 6.64. The molecule has 1 saturated heterocycles. The van der Waals surface area contributed by atoms with E-state index in [9.17, 15) is 42.5 Å². The Kier molecular flexibility index (Phi) is 10.8. The molecule has 1 aliphatic rings. The average molecular weight is 694 g/mol. The standard InChI is InChI=1S/C30H23ClF3N3O9S/c1-3-10-45-28(40)19-14-18(6-7-20(19)31)35-26(38)15-36-27(39)25(47-29(36)41)12-16-4-8-23(24(11-16)44-2)46-22-9-5-17(30(32,33)34)13-21(22)37(42)43/h4-9,11-14H,3,10,15H2,1-2H3,(H,35,38)/b25-12+. The van der Waals surface area contributed by atoms with Gasteiger partial charge in [0, 0.05) is 11.8 Å². The van der Waals surface area contributed by atoms with Gasteiger partial charge in [-0.15, -0.1) is 0 Å². The van der Waals surface area contributed by atoms with Gasteiger partial charge in [-0.05, 0) is 72.3 Å². The predicted molar refractivity (Wildman–Crippen MR) is 164 cm³/mol. The number of alkyl halides is 3. The van der Waals surface area contributed by atoms with Crippen molar-refractivity contribution >= 4 is 63.8 Å². The fraction of sp³-hybridized carbons (Fsp3) is 0.200. The second-order valence-corrected chi connectivity index (χ2v) is 11.0. The number of nitro groups is 1. The number of nitrogens with one attached hydrogen (secondary N) is 1. The van der Waals surface area contributed by atoms with E-state index >= 15 is 0 Å². The first-order valence-electron chi connectivity index (χ1n) is 13.4. The predicted octanol–water partition coefficient (Wildman–Crippen LogP) is 7.31. The number of thioether (sulfide) groups is 1. The van der Waals surface area contributed by atoms with Gasteiger partial charge in [0.15, 0.2) is 11.5 Å². The maximum Gasteiger partial charge on any atom is 0.416 e. The maximum absolute atomic E-state index is 13.1. The number of carbonyl (C=O) groups excluding carboxylic acids is 4. The second kappa shape index (κ2) is 14.6. The van der Waals surface area contributed by atoms with Crippen LogP contribution < -0.4 is 14.8 Å². The number of hydrogen-bond donors (Lipinski definition) is 1. The van der Waals surface area contributed by atoms with Crippen LogP contribution in [0.25, 0.3) is 6.08 Å². The molecular weight excluding hydrogens is 671 g/mol. The van der Waals surface area contributed by atoms with E-state index in [0.29, 0.717) is 35.9 Å². The molecule has 0 spiro atoms. The summed E-state index contributed by atoms with van der Waals surface area (Å²) in [5, 5.41) is 13.3. The van der Waals surface area contributed by atoms with E-state index in [0.717, 1.165) is 11.0 Å². The molecule has 47 heavy (non-hydrogen) atoms. The Labute approximate surface area is 273 Å². The quantitative estimate of drug-likeness (QED) is 0.0936. The van der Waals surface area contributed by atoms with Crippen molar-refractivity contribution in [3.63, 3.8) is 0 Å². The van der Waals surface area contributed by atoms with Crippen LogP contribution in [0.1, 0.15) is 34.8 Å². The monoisotopic (exact) mass is 693 g/mol. The number of carbonyl (C=O) groups is 4. The summed E-state index contributed by atoms with van der Waals surface area (Å²) in [6.07, 6.45) is -2.88. The van der Waals surface area contributed by atoms with Gasteiger partial charge in [0.2, 0.25) is 11.7 Å². The van der Waals surface area contributed by atoms with Gasteiger partial charge in [-0.3, -0.25) is 29.4 Å². The topological polar surface area (TPSA) is 154 Å². The highest BCUT2D eigenvalue weighted by Crippen LogP contribution is 2.41. The van der Waals surface area contributed by atoms with Gasteiger partial charge >= 0.3 is 17.8 Å². The molecule has 0 aromatic heterocycles. The lowest BCUT2D eigenvalue weighted by Crippen LogP contribution is -2.36. The van der Waals surface area contributed by atoms with Crippen molar-refractivity contribution in [1.82, 2.24) is 4.90 Å². The summed E-state index contributed by atoms with van der Waals surface area (Å²) < 4.78 is 55.0. The molecule has 0 saturated carbocycles. The molecule has 1 fully saturated rings. The van der Waals surface area contributed by atoms with Crippen molar-refractivity contribution < 1.29 is 51.5 Å². The third kappa shape index (κ3) is 8.39. The Morgan fingerprint density at radius 3 is 2.45 bits per heavy atom. The van der Waals surface area contributed by atoms with Gasteiger partial charge in [0.25, 0.3) is 11.1 Å². The van der Waals surface area contributed by atoms with Crippen LogP contribution in [0.5, 0.6) is 17.2 Å². The number of anilines is 1. The number of nitro benzene ring substituents is 1. The molecule has 0 bridgehead atoms. The molecule has 0 atom stereocenters. The minimum atomic E-state index is -4.81. The van der Waals surface area contributed by atoms with E-state index in [-0.39, 0.29) is 39.3 Å². The SMILES string of the molecule is CCCOC(=O)c1cc(NC(=O)CN2C(=O)S/C(=C/c3ccc(Oc4ccc(C(F)(F)F)cc4[N+](=O)[O-])c(OC)c3)C2=O)ccc1Cl. The van der Waals surface area contributed by atoms with Crippen LogP contribution in [0.3, 0.4) is 0 Å². The Morgan fingerprint density at radius 2 is 1.79 bits per heavy atom. The molecule has 0 aliphatic carbocycles. The molecule has 0 radical (unpaired) electrons. The van der Waals surface area contributed by atoms with Gasteiger partial charge in [-0.2, -0.15) is 13.2 Å². The largest absolute Gasteiger partial charge is 0.493 e. The van der Waals surface area contributed by atoms with Crippen LogP contribution in [0, 0.1) is 10.1 Å². The van der Waals surface area contributed by atoms with Crippen molar-refractivity contribution in [3.8, 4) is 17.2 Å². The minimum Gasteiger partial charge on any atom is -0.493 e. The van der Waals surface area contributed by atoms with Gasteiger partial charge in [0.1, 0.15) is 6.54 Å². The van der Waals surface area contributed by atoms with Crippen LogP contribution in [0.2, 0.25) is 5.02 Å². The van der Waals surface area contributed by atoms with E-state index in [2.05, 4.69) is 5.32 Å². The Morgan fingerprint density at radius 1 is 1.06 bits per heavy atom. The third-order valence-electron chi connectivity index (χ3n) is 6.27. The number of hydrogen-bond acceptors (Lipinski definition) is 10. The van der Waals surface area contributed by atoms with E-state index in [1.54, 1.807) is 0 Å². The molecule has 3 aromatic carbocycles. The lowest BCUT2D eigenvalue weighted by atomic mass is 10.1. The molecule has 4 rings (SSSR count). The maximum atomic E-state index is 13.1. The molecule has 1 heterocycles. The number of nitrogens with zero attached hydrogens (tertiary/aromatic N) is 2. The average Bonchev–Trinajstić information content (AvgIpc) is 3.27. The van der Waals surface area contributed by atoms with Gasteiger partial charge in [-0.25, -0.2) is 4.79 Å². The van der Waals surface area contributed by atoms with Crippen molar-refractivity contribution in [2.45, 2.75) is 19.5 Å². The highest BCUT2D eigenvalue weighted by Gasteiger charge is 2.37. The lowest BCUT2D eigenvalue weighted by molar-refractivity contribution is -0.385. The Bertz CT molecular complexity index is 1800. The van der Waals surface area contributed by atoms with Crippen molar-refractivity contribution in [2.75, 3.05) is 25.6 Å². The number of halogens is 4. The molecular formula is C30H23ClF3N3O9S. The molecule has 1 N–H and O–H groups in total. The fourth-order valence-electron chi connectivity index (χ4n) is 4.06. The summed E-state index contributed by atoms with van der Waals surface area (Å²) in [5.41, 5.74) is -1.61. The minimum absolute atomic E-state index is 0.00691. The highest BCUT2D eigenvalue weighted by atomic mass is 35.5. The third-order valence-corrected chi connectivity index (χ3v) is 7.51. The molecule has 3 amide bonds. The number of esters is 1. The molecule has 12 nitrogen and oxygen atoms in total. The number of rotatable bonds is 11. The number of ether oxygens (including phenoxy) is 3. The Balaban J connectivity index is 1.47. The second-order valence-electron chi connectivity index (χ2n) is 9.60. The summed E-state index contributed by atoms with van der Waals surface area (Å²) in [5.74, 6) is -2.73. The fourth-order valence-corrected chi connectivity index (χ4v) is 5.10. The summed E-state index contributed by atoms with van der Waals surface area (Å²) in [6, 6.07) is 10.0. The summed E-state index contributed by atoms with van der Waals surface area (Å²) in [6.45, 7) is 1.36. The van der Waals surface area contributed by atoms with Gasteiger partial charge < -0.3 is 19.5 Å². The summed E-state index contributed by atoms with van der Waals surface area (Å²) in [7, 11) is 1.25. The molecule has 1 aliphatic heterocycles. The number of benzene rings is 3. The van der Waals surface area contributed by atoms with E-state index in [1.807, 2.05) is 6.92 Å². The molecule has 246 valence electrons. The highest BCUT2D eigenvalue weighted by molar-refractivity contribution is 8.18. The van der Waals surface area contributed by atoms with Crippen LogP contribution in [0.4, 0.5) is 29.3 Å². The van der Waals surface area contributed by atoms with Crippen LogP contribution >= 0.6 is 23.4 Å². The van der Waals surface area contributed by atoms with Crippen LogP contribution in [0.15, 0.2) is 59.5 Å². The number of imide groups is 1. The zero-order valence-electron chi connectivity index (χ0n) is 24.4. The molecule has 0 unspecified atom stereocenters. The van der Waals surface area contributed by atoms with E-state index in [4.69, 9.17) is 25.8 Å². The number of methoxy groups -OCH3 is 1. The zero-order valence-corrected chi connectivity index (χ0v) is 26.0. The van der Waals surface area contributed by atoms with E-state index < -0.39 is 57.7 Å². The van der Waals surface area contributed by atoms with Crippen LogP contribution in [-0.4, -0.2) is 53.1 Å². The zero-order chi connectivity index (χ0) is 34.5. The molecule has 3 aromatic rings.